The Labute approximate surface area is 151 Å². The zero-order valence-electron chi connectivity index (χ0n) is 14.6. The van der Waals surface area contributed by atoms with Gasteiger partial charge in [-0.25, -0.2) is 0 Å². The maximum absolute atomic E-state index is 5.40. The van der Waals surface area contributed by atoms with Crippen molar-refractivity contribution in [3.63, 3.8) is 0 Å². The van der Waals surface area contributed by atoms with Gasteiger partial charge < -0.3 is 10.6 Å². The molecule has 0 aliphatic rings. The van der Waals surface area contributed by atoms with E-state index in [4.69, 9.17) is 12.2 Å². The van der Waals surface area contributed by atoms with Gasteiger partial charge in [-0.05, 0) is 42.0 Å². The van der Waals surface area contributed by atoms with Gasteiger partial charge in [-0.15, -0.1) is 0 Å². The van der Waals surface area contributed by atoms with Gasteiger partial charge in [0.2, 0.25) is 0 Å². The van der Waals surface area contributed by atoms with Crippen molar-refractivity contribution in [3.8, 4) is 0 Å². The fourth-order valence-corrected chi connectivity index (χ4v) is 2.73. The molecule has 0 amide bonds. The van der Waals surface area contributed by atoms with Crippen molar-refractivity contribution in [1.82, 2.24) is 15.5 Å². The minimum absolute atomic E-state index is 0.691. The zero-order chi connectivity index (χ0) is 17.2. The summed E-state index contributed by atoms with van der Waals surface area (Å²) < 4.78 is 0. The van der Waals surface area contributed by atoms with E-state index in [2.05, 4.69) is 65.8 Å². The Morgan fingerprint density at radius 3 is 2.08 bits per heavy atom. The molecule has 0 heterocycles. The predicted octanol–water partition coefficient (Wildman–Crippen LogP) is 3.69. The molecule has 0 saturated carbocycles. The van der Waals surface area contributed by atoms with E-state index in [1.54, 1.807) is 0 Å². The van der Waals surface area contributed by atoms with Crippen molar-refractivity contribution < 1.29 is 0 Å². The van der Waals surface area contributed by atoms with Crippen LogP contribution in [0, 0.1) is 0 Å². The number of hydrogen-bond acceptors (Lipinski definition) is 2. The first-order valence-electron chi connectivity index (χ1n) is 8.57. The highest BCUT2D eigenvalue weighted by Crippen LogP contribution is 2.11. The van der Waals surface area contributed by atoms with E-state index in [9.17, 15) is 0 Å². The van der Waals surface area contributed by atoms with Crippen LogP contribution in [0.3, 0.4) is 0 Å². The van der Waals surface area contributed by atoms with Gasteiger partial charge in [0.1, 0.15) is 0 Å². The van der Waals surface area contributed by atoms with E-state index in [-0.39, 0.29) is 0 Å². The standard InChI is InChI=1S/C20H27N3S/c1-3-23(4-2)16-19-13-9-8-12-18(19)15-22-20(24)21-14-17-10-6-5-7-11-17/h5-13H,3-4,14-16H2,1-2H3,(H2,21,22,24). The molecule has 3 nitrogen and oxygen atoms in total. The number of benzene rings is 2. The summed E-state index contributed by atoms with van der Waals surface area (Å²) in [6, 6.07) is 18.9. The summed E-state index contributed by atoms with van der Waals surface area (Å²) in [6.07, 6.45) is 0. The van der Waals surface area contributed by atoms with Crippen LogP contribution >= 0.6 is 12.2 Å². The average molecular weight is 342 g/mol. The van der Waals surface area contributed by atoms with Crippen LogP contribution < -0.4 is 10.6 Å². The molecule has 0 fully saturated rings. The highest BCUT2D eigenvalue weighted by Gasteiger charge is 2.06. The molecule has 24 heavy (non-hydrogen) atoms. The minimum atomic E-state index is 0.691. The third kappa shape index (κ3) is 5.95. The van der Waals surface area contributed by atoms with Crippen molar-refractivity contribution in [2.75, 3.05) is 13.1 Å². The summed E-state index contributed by atoms with van der Waals surface area (Å²) in [7, 11) is 0. The van der Waals surface area contributed by atoms with Gasteiger partial charge in [0, 0.05) is 19.6 Å². The SMILES string of the molecule is CCN(CC)Cc1ccccc1CNC(=S)NCc1ccccc1. The fourth-order valence-electron chi connectivity index (χ4n) is 2.59. The molecule has 0 radical (unpaired) electrons. The molecule has 0 saturated heterocycles. The normalized spacial score (nSPS) is 10.6. The predicted molar refractivity (Wildman–Crippen MR) is 106 cm³/mol. The van der Waals surface area contributed by atoms with Crippen molar-refractivity contribution in [2.24, 2.45) is 0 Å². The Morgan fingerprint density at radius 1 is 0.833 bits per heavy atom. The minimum Gasteiger partial charge on any atom is -0.359 e. The van der Waals surface area contributed by atoms with E-state index in [0.29, 0.717) is 5.11 Å². The quantitative estimate of drug-likeness (QED) is 0.716. The van der Waals surface area contributed by atoms with E-state index in [0.717, 1.165) is 32.7 Å². The first kappa shape index (κ1) is 18.4. The number of rotatable bonds is 8. The number of thiocarbonyl (C=S) groups is 1. The smallest absolute Gasteiger partial charge is 0.166 e. The third-order valence-electron chi connectivity index (χ3n) is 4.14. The summed E-state index contributed by atoms with van der Waals surface area (Å²) in [5, 5.41) is 7.27. The topological polar surface area (TPSA) is 27.3 Å². The molecule has 2 aromatic carbocycles. The molecule has 2 aromatic rings. The van der Waals surface area contributed by atoms with E-state index in [1.807, 2.05) is 18.2 Å². The van der Waals surface area contributed by atoms with Gasteiger partial charge in [-0.1, -0.05) is 68.4 Å². The first-order chi connectivity index (χ1) is 11.7. The molecule has 0 unspecified atom stereocenters. The van der Waals surface area contributed by atoms with Crippen molar-refractivity contribution in [1.29, 1.82) is 0 Å². The maximum atomic E-state index is 5.40. The van der Waals surface area contributed by atoms with Crippen LogP contribution in [0.15, 0.2) is 54.6 Å². The first-order valence-corrected chi connectivity index (χ1v) is 8.98. The second-order valence-electron chi connectivity index (χ2n) is 5.75. The monoisotopic (exact) mass is 341 g/mol. The van der Waals surface area contributed by atoms with Gasteiger partial charge in [0.25, 0.3) is 0 Å². The largest absolute Gasteiger partial charge is 0.359 e. The summed E-state index contributed by atoms with van der Waals surface area (Å²) in [6.45, 7) is 9.01. The highest BCUT2D eigenvalue weighted by molar-refractivity contribution is 7.80. The van der Waals surface area contributed by atoms with Crippen LogP contribution in [-0.4, -0.2) is 23.1 Å². The molecule has 0 aromatic heterocycles. The Bertz CT molecular complexity index is 624. The lowest BCUT2D eigenvalue weighted by molar-refractivity contribution is 0.295. The summed E-state index contributed by atoms with van der Waals surface area (Å²) in [4.78, 5) is 2.42. The lowest BCUT2D eigenvalue weighted by Gasteiger charge is -2.20. The molecule has 4 heteroatoms. The lowest BCUT2D eigenvalue weighted by Crippen LogP contribution is -2.34. The van der Waals surface area contributed by atoms with Crippen LogP contribution in [0.2, 0.25) is 0 Å². The number of nitrogens with one attached hydrogen (secondary N) is 2. The lowest BCUT2D eigenvalue weighted by atomic mass is 10.1. The third-order valence-corrected chi connectivity index (χ3v) is 4.43. The Kier molecular flexibility index (Phi) is 7.72. The molecule has 0 atom stereocenters. The molecule has 2 rings (SSSR count). The number of nitrogens with zero attached hydrogens (tertiary/aromatic N) is 1. The molecule has 0 aliphatic heterocycles. The zero-order valence-corrected chi connectivity index (χ0v) is 15.4. The van der Waals surface area contributed by atoms with Crippen LogP contribution in [-0.2, 0) is 19.6 Å². The molecule has 2 N–H and O–H groups in total. The van der Waals surface area contributed by atoms with Gasteiger partial charge in [-0.2, -0.15) is 0 Å². The number of hydrogen-bond donors (Lipinski definition) is 2. The molecule has 128 valence electrons. The van der Waals surface area contributed by atoms with Crippen LogP contribution in [0.25, 0.3) is 0 Å². The van der Waals surface area contributed by atoms with Gasteiger partial charge in [0.05, 0.1) is 0 Å². The van der Waals surface area contributed by atoms with Gasteiger partial charge >= 0.3 is 0 Å². The van der Waals surface area contributed by atoms with Crippen LogP contribution in [0.1, 0.15) is 30.5 Å². The van der Waals surface area contributed by atoms with Crippen molar-refractivity contribution in [3.05, 3.63) is 71.3 Å². The second-order valence-corrected chi connectivity index (χ2v) is 6.16. The Hall–Kier alpha value is -1.91. The molecular weight excluding hydrogens is 314 g/mol. The molecule has 0 bridgehead atoms. The maximum Gasteiger partial charge on any atom is 0.166 e. The summed E-state index contributed by atoms with van der Waals surface area (Å²) >= 11 is 5.40. The Balaban J connectivity index is 1.86. The molecule has 0 spiro atoms. The van der Waals surface area contributed by atoms with Crippen LogP contribution in [0.4, 0.5) is 0 Å². The summed E-state index contributed by atoms with van der Waals surface area (Å²) in [5.41, 5.74) is 3.89. The van der Waals surface area contributed by atoms with Crippen molar-refractivity contribution in [2.45, 2.75) is 33.5 Å². The van der Waals surface area contributed by atoms with E-state index >= 15 is 0 Å². The average Bonchev–Trinajstić information content (AvgIpc) is 2.64. The Morgan fingerprint density at radius 2 is 1.42 bits per heavy atom. The highest BCUT2D eigenvalue weighted by atomic mass is 32.1. The van der Waals surface area contributed by atoms with Gasteiger partial charge in [-0.3, -0.25) is 4.90 Å². The van der Waals surface area contributed by atoms with E-state index in [1.165, 1.54) is 16.7 Å². The second kappa shape index (κ2) is 10.1. The molecule has 0 aliphatic carbocycles. The van der Waals surface area contributed by atoms with Crippen molar-refractivity contribution >= 4 is 17.3 Å². The fraction of sp³-hybridized carbons (Fsp3) is 0.350. The molecular formula is C20H27N3S. The van der Waals surface area contributed by atoms with E-state index < -0.39 is 0 Å². The summed E-state index contributed by atoms with van der Waals surface area (Å²) in [5.74, 6) is 0. The van der Waals surface area contributed by atoms with Crippen LogP contribution in [0.5, 0.6) is 0 Å². The van der Waals surface area contributed by atoms with Gasteiger partial charge in [0.15, 0.2) is 5.11 Å².